The number of hydrogen-bond acceptors (Lipinski definition) is 7. The summed E-state index contributed by atoms with van der Waals surface area (Å²) in [6, 6.07) is 5.99. The van der Waals surface area contributed by atoms with Crippen molar-refractivity contribution in [3.63, 3.8) is 0 Å². The molecule has 0 saturated carbocycles. The first-order valence-corrected chi connectivity index (χ1v) is 6.00. The van der Waals surface area contributed by atoms with Gasteiger partial charge in [0, 0.05) is 18.7 Å². The molecule has 1 aromatic carbocycles. The molecule has 1 aliphatic rings. The maximum Gasteiger partial charge on any atom is 0.296 e. The predicted molar refractivity (Wildman–Crippen MR) is 71.6 cm³/mol. The molecule has 1 aliphatic heterocycles. The second-order valence-corrected chi connectivity index (χ2v) is 4.05. The normalized spacial score (nSPS) is 12.3. The molecule has 0 aliphatic carbocycles. The first-order valence-electron chi connectivity index (χ1n) is 6.00. The van der Waals surface area contributed by atoms with Crippen LogP contribution in [0.5, 0.6) is 11.5 Å². The van der Waals surface area contributed by atoms with E-state index in [0.29, 0.717) is 31.1 Å². The van der Waals surface area contributed by atoms with E-state index < -0.39 is 4.92 Å². The molecule has 2 rings (SSSR count). The number of nitrogens with zero attached hydrogens (tertiary/aromatic N) is 3. The van der Waals surface area contributed by atoms with Gasteiger partial charge in [0.05, 0.1) is 24.2 Å². The average Bonchev–Trinajstić information content (AvgIpc) is 2.71. The van der Waals surface area contributed by atoms with Crippen molar-refractivity contribution >= 4 is 11.4 Å². The highest BCUT2D eigenvalue weighted by Crippen LogP contribution is 2.39. The Kier molecular flexibility index (Phi) is 4.22. The Bertz CT molecular complexity index is 669. The van der Waals surface area contributed by atoms with Gasteiger partial charge in [0.25, 0.3) is 5.69 Å². The Balaban J connectivity index is 2.42. The molecule has 21 heavy (non-hydrogen) atoms. The molecule has 0 bridgehead atoms. The summed E-state index contributed by atoms with van der Waals surface area (Å²) >= 11 is 0. The second-order valence-electron chi connectivity index (χ2n) is 4.05. The van der Waals surface area contributed by atoms with Crippen LogP contribution in [-0.2, 0) is 0 Å². The lowest BCUT2D eigenvalue weighted by molar-refractivity contribution is -0.384. The molecule has 106 valence electrons. The van der Waals surface area contributed by atoms with Crippen LogP contribution >= 0.6 is 0 Å². The van der Waals surface area contributed by atoms with E-state index in [4.69, 9.17) is 20.0 Å². The predicted octanol–water partition coefficient (Wildman–Crippen LogP) is 2.10. The van der Waals surface area contributed by atoms with Gasteiger partial charge in [-0.2, -0.15) is 10.5 Å². The third kappa shape index (κ3) is 3.19. The Hall–Kier alpha value is -3.26. The number of nitro groups is 1. The summed E-state index contributed by atoms with van der Waals surface area (Å²) in [6.45, 7) is 0.867. The molecule has 1 aromatic rings. The van der Waals surface area contributed by atoms with Gasteiger partial charge < -0.3 is 14.8 Å². The lowest BCUT2D eigenvalue weighted by Gasteiger charge is -2.10. The Morgan fingerprint density at radius 3 is 2.48 bits per heavy atom. The highest BCUT2D eigenvalue weighted by Gasteiger charge is 2.21. The zero-order valence-corrected chi connectivity index (χ0v) is 10.8. The molecule has 0 saturated heterocycles. The molecule has 1 N–H and O–H groups in total. The van der Waals surface area contributed by atoms with Crippen molar-refractivity contribution in [1.29, 1.82) is 10.5 Å². The van der Waals surface area contributed by atoms with Gasteiger partial charge in [0.15, 0.2) is 11.5 Å². The zero-order chi connectivity index (χ0) is 15.2. The van der Waals surface area contributed by atoms with Gasteiger partial charge in [-0.3, -0.25) is 10.1 Å². The second kappa shape index (κ2) is 6.26. The first-order chi connectivity index (χ1) is 10.2. The van der Waals surface area contributed by atoms with Gasteiger partial charge in [0.1, 0.15) is 23.4 Å². The molecule has 8 nitrogen and oxygen atoms in total. The largest absolute Gasteiger partial charge is 0.489 e. The third-order valence-corrected chi connectivity index (χ3v) is 2.68. The molecular weight excluding hydrogens is 276 g/mol. The van der Waals surface area contributed by atoms with Crippen molar-refractivity contribution in [2.75, 3.05) is 18.5 Å². The van der Waals surface area contributed by atoms with E-state index in [1.807, 2.05) is 0 Å². The van der Waals surface area contributed by atoms with E-state index in [-0.39, 0.29) is 16.9 Å². The molecule has 0 atom stereocenters. The standard InChI is InChI=1S/C13H10N4O4/c14-6-9(7-15)8-16-10-4-12-13(5-11(10)17(18)19)21-3-1-2-20-12/h4-5,8,16H,1-3H2. The first kappa shape index (κ1) is 14.2. The summed E-state index contributed by atoms with van der Waals surface area (Å²) in [5.74, 6) is 0.680. The summed E-state index contributed by atoms with van der Waals surface area (Å²) in [7, 11) is 0. The van der Waals surface area contributed by atoms with E-state index >= 15 is 0 Å². The van der Waals surface area contributed by atoms with Crippen LogP contribution in [-0.4, -0.2) is 18.1 Å². The van der Waals surface area contributed by atoms with Gasteiger partial charge in [-0.15, -0.1) is 0 Å². The quantitative estimate of drug-likeness (QED) is 0.513. The van der Waals surface area contributed by atoms with E-state index in [0.717, 1.165) is 6.20 Å². The minimum absolute atomic E-state index is 0.118. The van der Waals surface area contributed by atoms with Crippen molar-refractivity contribution < 1.29 is 14.4 Å². The molecule has 8 heteroatoms. The topological polar surface area (TPSA) is 121 Å². The Morgan fingerprint density at radius 1 is 1.29 bits per heavy atom. The summed E-state index contributed by atoms with van der Waals surface area (Å²) in [5, 5.41) is 31.0. The summed E-state index contributed by atoms with van der Waals surface area (Å²) in [5.41, 5.74) is -0.311. The van der Waals surface area contributed by atoms with Crippen molar-refractivity contribution in [2.45, 2.75) is 6.42 Å². The lowest BCUT2D eigenvalue weighted by Crippen LogP contribution is -2.00. The number of nitrogens with one attached hydrogen (secondary N) is 1. The van der Waals surface area contributed by atoms with Gasteiger partial charge in [-0.25, -0.2) is 0 Å². The number of ether oxygens (including phenoxy) is 2. The van der Waals surface area contributed by atoms with Crippen LogP contribution in [0.4, 0.5) is 11.4 Å². The highest BCUT2D eigenvalue weighted by atomic mass is 16.6. The van der Waals surface area contributed by atoms with Crippen LogP contribution in [0.2, 0.25) is 0 Å². The molecule has 0 radical (unpaired) electrons. The van der Waals surface area contributed by atoms with Crippen LogP contribution in [0, 0.1) is 32.8 Å². The van der Waals surface area contributed by atoms with Crippen molar-refractivity contribution in [2.24, 2.45) is 0 Å². The average molecular weight is 286 g/mol. The van der Waals surface area contributed by atoms with E-state index in [1.54, 1.807) is 12.1 Å². The maximum absolute atomic E-state index is 11.1. The van der Waals surface area contributed by atoms with Crippen LogP contribution in [0.15, 0.2) is 23.9 Å². The fraction of sp³-hybridized carbons (Fsp3) is 0.231. The smallest absolute Gasteiger partial charge is 0.296 e. The number of hydrogen-bond donors (Lipinski definition) is 1. The molecule has 0 amide bonds. The number of nitro benzene ring substituents is 1. The molecule has 0 aromatic heterocycles. The lowest BCUT2D eigenvalue weighted by atomic mass is 10.2. The minimum atomic E-state index is -0.580. The van der Waals surface area contributed by atoms with Gasteiger partial charge >= 0.3 is 0 Å². The highest BCUT2D eigenvalue weighted by molar-refractivity contribution is 5.70. The number of benzene rings is 1. The maximum atomic E-state index is 11.1. The van der Waals surface area contributed by atoms with Gasteiger partial charge in [0.2, 0.25) is 0 Å². The summed E-state index contributed by atoms with van der Waals surface area (Å²) in [4.78, 5) is 10.5. The third-order valence-electron chi connectivity index (χ3n) is 2.68. The Morgan fingerprint density at radius 2 is 1.90 bits per heavy atom. The fourth-order valence-electron chi connectivity index (χ4n) is 1.70. The van der Waals surface area contributed by atoms with Crippen molar-refractivity contribution in [3.05, 3.63) is 34.0 Å². The zero-order valence-electron chi connectivity index (χ0n) is 10.8. The monoisotopic (exact) mass is 286 g/mol. The number of anilines is 1. The van der Waals surface area contributed by atoms with E-state index in [2.05, 4.69) is 5.32 Å². The molecule has 0 unspecified atom stereocenters. The van der Waals surface area contributed by atoms with Gasteiger partial charge in [-0.05, 0) is 0 Å². The number of fused-ring (bicyclic) bond motifs is 1. The van der Waals surface area contributed by atoms with Crippen LogP contribution in [0.1, 0.15) is 6.42 Å². The molecule has 1 heterocycles. The van der Waals surface area contributed by atoms with E-state index in [9.17, 15) is 10.1 Å². The SMILES string of the molecule is N#CC(C#N)=CNc1cc2c(cc1[N+](=O)[O-])OCCCO2. The number of nitriles is 2. The van der Waals surface area contributed by atoms with Crippen LogP contribution in [0.25, 0.3) is 0 Å². The fourth-order valence-corrected chi connectivity index (χ4v) is 1.70. The number of allylic oxidation sites excluding steroid dienone is 1. The molecular formula is C13H10N4O4. The van der Waals surface area contributed by atoms with Crippen LogP contribution < -0.4 is 14.8 Å². The Labute approximate surface area is 120 Å². The molecule has 0 fully saturated rings. The van der Waals surface area contributed by atoms with Crippen molar-refractivity contribution in [1.82, 2.24) is 0 Å². The minimum Gasteiger partial charge on any atom is -0.489 e. The van der Waals surface area contributed by atoms with Crippen LogP contribution in [0.3, 0.4) is 0 Å². The number of rotatable bonds is 3. The van der Waals surface area contributed by atoms with Crippen molar-refractivity contribution in [3.8, 4) is 23.6 Å². The molecule has 0 spiro atoms. The summed E-state index contributed by atoms with van der Waals surface area (Å²) < 4.78 is 10.8. The summed E-state index contributed by atoms with van der Waals surface area (Å²) in [6.07, 6.45) is 1.78. The van der Waals surface area contributed by atoms with Gasteiger partial charge in [-0.1, -0.05) is 0 Å². The van der Waals surface area contributed by atoms with E-state index in [1.165, 1.54) is 12.1 Å².